The molecule has 29 heavy (non-hydrogen) atoms. The van der Waals surface area contributed by atoms with Gasteiger partial charge in [0.1, 0.15) is 17.7 Å². The van der Waals surface area contributed by atoms with Gasteiger partial charge in [-0.05, 0) is 55.3 Å². The molecular weight excluding hydrogens is 369 g/mol. The van der Waals surface area contributed by atoms with Crippen LogP contribution in [0.15, 0.2) is 72.0 Å². The predicted molar refractivity (Wildman–Crippen MR) is 113 cm³/mol. The van der Waals surface area contributed by atoms with E-state index in [2.05, 4.69) is 20.7 Å². The smallest absolute Gasteiger partial charge is 0.191 e. The molecule has 7 heteroatoms. The van der Waals surface area contributed by atoms with Gasteiger partial charge in [-0.1, -0.05) is 18.2 Å². The summed E-state index contributed by atoms with van der Waals surface area (Å²) in [5, 5.41) is 10.9. The number of hydrogen-bond acceptors (Lipinski definition) is 3. The molecule has 0 aliphatic heterocycles. The van der Waals surface area contributed by atoms with E-state index in [4.69, 9.17) is 4.74 Å². The van der Waals surface area contributed by atoms with Gasteiger partial charge in [-0.2, -0.15) is 5.10 Å². The highest BCUT2D eigenvalue weighted by Gasteiger charge is 2.06. The van der Waals surface area contributed by atoms with Gasteiger partial charge in [0.15, 0.2) is 5.96 Å². The van der Waals surface area contributed by atoms with Crippen LogP contribution < -0.4 is 15.4 Å². The van der Waals surface area contributed by atoms with Crippen molar-refractivity contribution in [3.8, 4) is 11.4 Å². The molecule has 0 spiro atoms. The summed E-state index contributed by atoms with van der Waals surface area (Å²) in [5.41, 5.74) is 2.18. The van der Waals surface area contributed by atoms with Gasteiger partial charge < -0.3 is 15.4 Å². The monoisotopic (exact) mass is 395 g/mol. The molecule has 1 heterocycles. The highest BCUT2D eigenvalue weighted by atomic mass is 19.1. The molecule has 1 unspecified atom stereocenters. The van der Waals surface area contributed by atoms with Gasteiger partial charge in [-0.15, -0.1) is 0 Å². The number of guanidine groups is 1. The van der Waals surface area contributed by atoms with Gasteiger partial charge in [0, 0.05) is 19.8 Å². The lowest BCUT2D eigenvalue weighted by Crippen LogP contribution is -2.42. The molecule has 0 bridgehead atoms. The Morgan fingerprint density at radius 3 is 2.62 bits per heavy atom. The van der Waals surface area contributed by atoms with Crippen LogP contribution in [0.5, 0.6) is 5.75 Å². The number of aromatic nitrogens is 2. The van der Waals surface area contributed by atoms with E-state index in [9.17, 15) is 4.39 Å². The molecule has 6 nitrogen and oxygen atoms in total. The zero-order valence-electron chi connectivity index (χ0n) is 16.7. The van der Waals surface area contributed by atoms with Crippen molar-refractivity contribution in [3.05, 3.63) is 78.4 Å². The van der Waals surface area contributed by atoms with Crippen LogP contribution in [-0.2, 0) is 6.42 Å². The Morgan fingerprint density at radius 1 is 1.14 bits per heavy atom. The molecular formula is C22H26FN5O. The molecule has 0 fully saturated rings. The number of aliphatic imine (C=N–C) groups is 1. The number of nitrogens with one attached hydrogen (secondary N) is 2. The summed E-state index contributed by atoms with van der Waals surface area (Å²) in [4.78, 5) is 4.23. The summed E-state index contributed by atoms with van der Waals surface area (Å²) in [6.07, 6.45) is 4.65. The first-order valence-corrected chi connectivity index (χ1v) is 9.60. The second-order valence-electron chi connectivity index (χ2n) is 6.64. The summed E-state index contributed by atoms with van der Waals surface area (Å²) in [6, 6.07) is 16.0. The molecule has 2 aromatic carbocycles. The minimum atomic E-state index is -0.276. The van der Waals surface area contributed by atoms with E-state index in [1.807, 2.05) is 54.3 Å². The van der Waals surface area contributed by atoms with Gasteiger partial charge in [-0.25, -0.2) is 9.07 Å². The van der Waals surface area contributed by atoms with Gasteiger partial charge in [-0.3, -0.25) is 4.99 Å². The predicted octanol–water partition coefficient (Wildman–Crippen LogP) is 3.19. The van der Waals surface area contributed by atoms with Crippen LogP contribution in [0.1, 0.15) is 12.5 Å². The lowest BCUT2D eigenvalue weighted by molar-refractivity contribution is 0.223. The van der Waals surface area contributed by atoms with E-state index in [1.54, 1.807) is 19.2 Å². The van der Waals surface area contributed by atoms with Crippen LogP contribution in [0.25, 0.3) is 5.69 Å². The number of benzene rings is 2. The molecule has 0 saturated heterocycles. The lowest BCUT2D eigenvalue weighted by atomic mass is 10.2. The van der Waals surface area contributed by atoms with Crippen molar-refractivity contribution in [1.82, 2.24) is 20.4 Å². The number of halogens is 1. The molecule has 3 rings (SSSR count). The molecule has 0 amide bonds. The first-order chi connectivity index (χ1) is 14.1. The zero-order valence-corrected chi connectivity index (χ0v) is 16.7. The Labute approximate surface area is 170 Å². The first kappa shape index (κ1) is 20.4. The van der Waals surface area contributed by atoms with Crippen LogP contribution in [-0.4, -0.2) is 42.0 Å². The van der Waals surface area contributed by atoms with Crippen molar-refractivity contribution in [2.24, 2.45) is 4.99 Å². The van der Waals surface area contributed by atoms with E-state index < -0.39 is 0 Å². The summed E-state index contributed by atoms with van der Waals surface area (Å²) in [7, 11) is 1.73. The highest BCUT2D eigenvalue weighted by Crippen LogP contribution is 2.12. The van der Waals surface area contributed by atoms with Crippen LogP contribution >= 0.6 is 0 Å². The van der Waals surface area contributed by atoms with Crippen molar-refractivity contribution >= 4 is 5.96 Å². The SMILES string of the molecule is CN=C(NCCc1cnn(-c2ccccc2)c1)NCC(C)Oc1ccc(F)cc1. The maximum atomic E-state index is 13.0. The molecule has 0 saturated carbocycles. The van der Waals surface area contributed by atoms with Crippen molar-refractivity contribution < 1.29 is 9.13 Å². The maximum Gasteiger partial charge on any atom is 0.191 e. The van der Waals surface area contributed by atoms with Crippen molar-refractivity contribution in [3.63, 3.8) is 0 Å². The van der Waals surface area contributed by atoms with Crippen LogP contribution in [0.2, 0.25) is 0 Å². The average molecular weight is 395 g/mol. The Hall–Kier alpha value is -3.35. The van der Waals surface area contributed by atoms with E-state index in [1.165, 1.54) is 12.1 Å². The van der Waals surface area contributed by atoms with Crippen molar-refractivity contribution in [2.75, 3.05) is 20.1 Å². The topological polar surface area (TPSA) is 63.5 Å². The summed E-state index contributed by atoms with van der Waals surface area (Å²) >= 11 is 0. The van der Waals surface area contributed by atoms with Crippen molar-refractivity contribution in [2.45, 2.75) is 19.4 Å². The largest absolute Gasteiger partial charge is 0.489 e. The fourth-order valence-corrected chi connectivity index (χ4v) is 2.78. The number of nitrogens with zero attached hydrogens (tertiary/aromatic N) is 3. The molecule has 1 aromatic heterocycles. The second-order valence-corrected chi connectivity index (χ2v) is 6.64. The molecule has 0 radical (unpaired) electrons. The molecule has 1 atom stereocenters. The number of hydrogen-bond donors (Lipinski definition) is 2. The van der Waals surface area contributed by atoms with Gasteiger partial charge in [0.25, 0.3) is 0 Å². The number of ether oxygens (including phenoxy) is 1. The molecule has 0 aliphatic rings. The third-order valence-corrected chi connectivity index (χ3v) is 4.29. The molecule has 3 aromatic rings. The van der Waals surface area contributed by atoms with Gasteiger partial charge >= 0.3 is 0 Å². The summed E-state index contributed by atoms with van der Waals surface area (Å²) in [5.74, 6) is 1.07. The Bertz CT molecular complexity index is 908. The average Bonchev–Trinajstić information content (AvgIpc) is 3.22. The van der Waals surface area contributed by atoms with Crippen molar-refractivity contribution in [1.29, 1.82) is 0 Å². The lowest BCUT2D eigenvalue weighted by Gasteiger charge is -2.17. The summed E-state index contributed by atoms with van der Waals surface area (Å²) < 4.78 is 20.6. The second kappa shape index (κ2) is 10.3. The Balaban J connectivity index is 1.40. The quantitative estimate of drug-likeness (QED) is 0.454. The van der Waals surface area contributed by atoms with Crippen LogP contribution in [0, 0.1) is 5.82 Å². The van der Waals surface area contributed by atoms with Gasteiger partial charge in [0.05, 0.1) is 18.4 Å². The van der Waals surface area contributed by atoms with Crippen LogP contribution in [0.4, 0.5) is 4.39 Å². The maximum absolute atomic E-state index is 13.0. The molecule has 0 aliphatic carbocycles. The standard InChI is InChI=1S/C22H26FN5O/c1-17(29-21-10-8-19(23)9-11-21)14-26-22(24-2)25-13-12-18-15-27-28(16-18)20-6-4-3-5-7-20/h3-11,15-17H,12-14H2,1-2H3,(H2,24,25,26). The summed E-state index contributed by atoms with van der Waals surface area (Å²) in [6.45, 7) is 3.25. The van der Waals surface area contributed by atoms with Crippen LogP contribution in [0.3, 0.4) is 0 Å². The highest BCUT2D eigenvalue weighted by molar-refractivity contribution is 5.79. The van der Waals surface area contributed by atoms with E-state index in [-0.39, 0.29) is 11.9 Å². The van der Waals surface area contributed by atoms with E-state index in [0.29, 0.717) is 18.3 Å². The molecule has 152 valence electrons. The third kappa shape index (κ3) is 6.34. The fourth-order valence-electron chi connectivity index (χ4n) is 2.78. The van der Waals surface area contributed by atoms with Gasteiger partial charge in [0.2, 0.25) is 0 Å². The first-order valence-electron chi connectivity index (χ1n) is 9.60. The number of rotatable bonds is 8. The van der Waals surface area contributed by atoms with E-state index in [0.717, 1.165) is 24.2 Å². The fraction of sp³-hybridized carbons (Fsp3) is 0.273. The number of para-hydroxylation sites is 1. The zero-order chi connectivity index (χ0) is 20.5. The minimum Gasteiger partial charge on any atom is -0.489 e. The molecule has 2 N–H and O–H groups in total. The third-order valence-electron chi connectivity index (χ3n) is 4.29. The van der Waals surface area contributed by atoms with E-state index >= 15 is 0 Å². The normalized spacial score (nSPS) is 12.4. The minimum absolute atomic E-state index is 0.0943. The Kier molecular flexibility index (Phi) is 7.22. The Morgan fingerprint density at radius 2 is 1.90 bits per heavy atom.